The molecule has 116 valence electrons. The van der Waals surface area contributed by atoms with Gasteiger partial charge in [-0.3, -0.25) is 9.69 Å². The second-order valence-electron chi connectivity index (χ2n) is 4.46. The molecule has 0 aliphatic carbocycles. The van der Waals surface area contributed by atoms with E-state index in [-0.39, 0.29) is 18.9 Å². The molecule has 0 unspecified atom stereocenters. The number of carbonyl (C=O) groups excluding carboxylic acids is 2. The summed E-state index contributed by atoms with van der Waals surface area (Å²) in [6, 6.07) is 7.34. The van der Waals surface area contributed by atoms with Crippen LogP contribution in [-0.4, -0.2) is 34.2 Å². The van der Waals surface area contributed by atoms with Crippen molar-refractivity contribution in [3.8, 4) is 5.75 Å². The van der Waals surface area contributed by atoms with Crippen molar-refractivity contribution in [3.63, 3.8) is 0 Å². The van der Waals surface area contributed by atoms with Gasteiger partial charge in [-0.1, -0.05) is 36.1 Å². The predicted molar refractivity (Wildman–Crippen MR) is 87.1 cm³/mol. The van der Waals surface area contributed by atoms with Crippen molar-refractivity contribution in [2.24, 2.45) is 0 Å². The molecule has 2 rings (SSSR count). The van der Waals surface area contributed by atoms with Gasteiger partial charge in [-0.15, -0.1) is 0 Å². The Bertz CT molecular complexity index is 625. The first-order chi connectivity index (χ1) is 10.5. The van der Waals surface area contributed by atoms with Gasteiger partial charge in [0.15, 0.2) is 0 Å². The minimum atomic E-state index is -1.20. The fourth-order valence-corrected chi connectivity index (χ4v) is 3.18. The molecule has 0 bridgehead atoms. The topological polar surface area (TPSA) is 69.7 Å². The largest absolute Gasteiger partial charge is 0.550 e. The second kappa shape index (κ2) is 7.42. The second-order valence-corrected chi connectivity index (χ2v) is 6.13. The number of ether oxygens (including phenoxy) is 1. The molecule has 1 aromatic carbocycles. The molecule has 0 N–H and O–H groups in total. The Morgan fingerprint density at radius 1 is 1.41 bits per heavy atom. The first kappa shape index (κ1) is 16.5. The Labute approximate surface area is 137 Å². The van der Waals surface area contributed by atoms with Gasteiger partial charge in [0, 0.05) is 18.9 Å². The Kier molecular flexibility index (Phi) is 5.57. The van der Waals surface area contributed by atoms with Crippen LogP contribution in [0.4, 0.5) is 0 Å². The summed E-state index contributed by atoms with van der Waals surface area (Å²) in [4.78, 5) is 24.5. The van der Waals surface area contributed by atoms with Crippen LogP contribution in [0.5, 0.6) is 5.75 Å². The van der Waals surface area contributed by atoms with Gasteiger partial charge in [-0.25, -0.2) is 0 Å². The highest BCUT2D eigenvalue weighted by atomic mass is 32.2. The molecule has 1 aliphatic heterocycles. The molecule has 1 saturated heterocycles. The van der Waals surface area contributed by atoms with Crippen molar-refractivity contribution < 1.29 is 19.4 Å². The third kappa shape index (κ3) is 4.08. The number of hydrogen-bond acceptors (Lipinski definition) is 6. The van der Waals surface area contributed by atoms with E-state index in [4.69, 9.17) is 17.0 Å². The van der Waals surface area contributed by atoms with Crippen LogP contribution < -0.4 is 9.84 Å². The zero-order valence-corrected chi connectivity index (χ0v) is 13.5. The smallest absolute Gasteiger partial charge is 0.266 e. The Hall–Kier alpha value is -1.86. The van der Waals surface area contributed by atoms with E-state index < -0.39 is 5.97 Å². The summed E-state index contributed by atoms with van der Waals surface area (Å²) in [6.45, 7) is 2.54. The fourth-order valence-electron chi connectivity index (χ4n) is 1.87. The lowest BCUT2D eigenvalue weighted by Gasteiger charge is -2.14. The van der Waals surface area contributed by atoms with E-state index in [2.05, 4.69) is 0 Å². The number of amides is 1. The van der Waals surface area contributed by atoms with Crippen molar-refractivity contribution in [2.45, 2.75) is 13.3 Å². The lowest BCUT2D eigenvalue weighted by Crippen LogP contribution is -2.33. The molecule has 1 amide bonds. The molecular weight excluding hydrogens is 322 g/mol. The highest BCUT2D eigenvalue weighted by Crippen LogP contribution is 2.32. The van der Waals surface area contributed by atoms with E-state index >= 15 is 0 Å². The first-order valence-corrected chi connectivity index (χ1v) is 7.92. The Morgan fingerprint density at radius 2 is 2.09 bits per heavy atom. The highest BCUT2D eigenvalue weighted by molar-refractivity contribution is 8.26. The van der Waals surface area contributed by atoms with Crippen molar-refractivity contribution in [1.29, 1.82) is 0 Å². The molecule has 0 radical (unpaired) electrons. The number of nitrogens with zero attached hydrogens (tertiary/aromatic N) is 1. The minimum Gasteiger partial charge on any atom is -0.550 e. The predicted octanol–water partition coefficient (Wildman–Crippen LogP) is 1.43. The molecule has 5 nitrogen and oxygen atoms in total. The van der Waals surface area contributed by atoms with E-state index in [0.29, 0.717) is 15.8 Å². The third-order valence-corrected chi connectivity index (χ3v) is 4.28. The quantitative estimate of drug-likeness (QED) is 0.578. The number of rotatable bonds is 6. The van der Waals surface area contributed by atoms with E-state index in [1.165, 1.54) is 16.7 Å². The summed E-state index contributed by atoms with van der Waals surface area (Å²) < 4.78 is 5.72. The number of carboxylic acids is 1. The van der Waals surface area contributed by atoms with Crippen LogP contribution >= 0.6 is 24.0 Å². The summed E-state index contributed by atoms with van der Waals surface area (Å²) in [5, 5.41) is 10.5. The zero-order valence-electron chi connectivity index (χ0n) is 11.9. The zero-order chi connectivity index (χ0) is 16.1. The number of thioether (sulfide) groups is 1. The van der Waals surface area contributed by atoms with Gasteiger partial charge in [0.25, 0.3) is 5.91 Å². The van der Waals surface area contributed by atoms with Crippen LogP contribution in [0.15, 0.2) is 29.2 Å². The summed E-state index contributed by atoms with van der Waals surface area (Å²) in [5.74, 6) is -0.712. The monoisotopic (exact) mass is 336 g/mol. The number of benzene rings is 1. The average molecular weight is 336 g/mol. The van der Waals surface area contributed by atoms with E-state index in [1.54, 1.807) is 6.08 Å². The van der Waals surface area contributed by atoms with Gasteiger partial charge in [0.2, 0.25) is 0 Å². The summed E-state index contributed by atoms with van der Waals surface area (Å²) >= 11 is 6.28. The van der Waals surface area contributed by atoms with Gasteiger partial charge in [0.05, 0.1) is 11.5 Å². The molecule has 0 spiro atoms. The molecule has 1 fully saturated rings. The number of thiocarbonyl (C=S) groups is 1. The maximum absolute atomic E-state index is 12.2. The lowest BCUT2D eigenvalue weighted by molar-refractivity contribution is -0.305. The van der Waals surface area contributed by atoms with Gasteiger partial charge >= 0.3 is 0 Å². The van der Waals surface area contributed by atoms with Crippen LogP contribution in [0, 0.1) is 0 Å². The SMILES string of the molecule is CCOc1ccc(/C=C2/SC(=S)N(CCC(=O)[O-])C2=O)cc1. The maximum Gasteiger partial charge on any atom is 0.266 e. The van der Waals surface area contributed by atoms with E-state index in [1.807, 2.05) is 31.2 Å². The molecule has 7 heteroatoms. The normalized spacial score (nSPS) is 16.4. The van der Waals surface area contributed by atoms with Crippen LogP contribution in [0.2, 0.25) is 0 Å². The van der Waals surface area contributed by atoms with Crippen molar-refractivity contribution in [3.05, 3.63) is 34.7 Å². The molecule has 0 atom stereocenters. The molecule has 1 aliphatic rings. The Morgan fingerprint density at radius 3 is 2.68 bits per heavy atom. The molecule has 22 heavy (non-hydrogen) atoms. The van der Waals surface area contributed by atoms with Crippen LogP contribution in [0.3, 0.4) is 0 Å². The average Bonchev–Trinajstić information content (AvgIpc) is 2.73. The Balaban J connectivity index is 2.10. The van der Waals surface area contributed by atoms with Gasteiger partial charge in [0.1, 0.15) is 10.1 Å². The molecule has 0 aromatic heterocycles. The molecule has 0 saturated carbocycles. The van der Waals surface area contributed by atoms with Crippen LogP contribution in [-0.2, 0) is 9.59 Å². The highest BCUT2D eigenvalue weighted by Gasteiger charge is 2.31. The number of aliphatic carboxylic acids is 1. The third-order valence-electron chi connectivity index (χ3n) is 2.90. The molecular formula is C15H14NO4S2-. The van der Waals surface area contributed by atoms with Gasteiger partial charge in [-0.2, -0.15) is 0 Å². The summed E-state index contributed by atoms with van der Waals surface area (Å²) in [6.07, 6.45) is 1.50. The minimum absolute atomic E-state index is 0.0353. The molecule has 1 aromatic rings. The first-order valence-electron chi connectivity index (χ1n) is 6.69. The van der Waals surface area contributed by atoms with E-state index in [0.717, 1.165) is 11.3 Å². The summed E-state index contributed by atoms with van der Waals surface area (Å²) in [5.41, 5.74) is 0.851. The number of carboxylic acid groups (broad SMARTS) is 1. The van der Waals surface area contributed by atoms with Crippen LogP contribution in [0.1, 0.15) is 18.9 Å². The number of carbonyl (C=O) groups is 2. The maximum atomic E-state index is 12.2. The lowest BCUT2D eigenvalue weighted by atomic mass is 10.2. The van der Waals surface area contributed by atoms with Gasteiger partial charge < -0.3 is 14.6 Å². The molecule has 1 heterocycles. The van der Waals surface area contributed by atoms with E-state index in [9.17, 15) is 14.7 Å². The fraction of sp³-hybridized carbons (Fsp3) is 0.267. The van der Waals surface area contributed by atoms with Crippen molar-refractivity contribution in [2.75, 3.05) is 13.2 Å². The standard InChI is InChI=1S/C15H15NO4S2/c1-2-20-11-5-3-10(4-6-11)9-12-14(19)16(15(21)22-12)8-7-13(17)18/h3-6,9H,2,7-8H2,1H3,(H,17,18)/p-1/b12-9+. The van der Waals surface area contributed by atoms with Gasteiger partial charge in [-0.05, 0) is 30.7 Å². The van der Waals surface area contributed by atoms with Crippen molar-refractivity contribution >= 4 is 46.3 Å². The van der Waals surface area contributed by atoms with Crippen molar-refractivity contribution in [1.82, 2.24) is 4.90 Å². The van der Waals surface area contributed by atoms with Crippen LogP contribution in [0.25, 0.3) is 6.08 Å². The summed E-state index contributed by atoms with van der Waals surface area (Å²) in [7, 11) is 0. The number of hydrogen-bond donors (Lipinski definition) is 0.